The lowest BCUT2D eigenvalue weighted by atomic mass is 10.0. The van der Waals surface area contributed by atoms with Crippen molar-refractivity contribution in [2.45, 2.75) is 64.7 Å². The van der Waals surface area contributed by atoms with Gasteiger partial charge in [0.15, 0.2) is 0 Å². The van der Waals surface area contributed by atoms with Crippen LogP contribution in [0.5, 0.6) is 0 Å². The van der Waals surface area contributed by atoms with Gasteiger partial charge in [0.05, 0.1) is 5.52 Å². The number of aromatic nitrogens is 1. The van der Waals surface area contributed by atoms with Gasteiger partial charge in [0.1, 0.15) is 0 Å². The largest absolute Gasteiger partial charge is 0.384 e. The quantitative estimate of drug-likeness (QED) is 0.524. The van der Waals surface area contributed by atoms with Gasteiger partial charge < -0.3 is 5.32 Å². The van der Waals surface area contributed by atoms with Crippen LogP contribution in [0.15, 0.2) is 24.3 Å². The van der Waals surface area contributed by atoms with E-state index in [1.165, 1.54) is 73.7 Å². The number of anilines is 1. The first-order valence-corrected chi connectivity index (χ1v) is 9.04. The lowest BCUT2D eigenvalue weighted by Gasteiger charge is -2.17. The molecule has 0 atom stereocenters. The Labute approximate surface area is 146 Å². The molecule has 0 spiro atoms. The van der Waals surface area contributed by atoms with Crippen molar-refractivity contribution in [2.24, 2.45) is 0 Å². The van der Waals surface area contributed by atoms with E-state index in [9.17, 15) is 0 Å². The molecule has 1 aliphatic rings. The van der Waals surface area contributed by atoms with Gasteiger partial charge in [0, 0.05) is 23.3 Å². The van der Waals surface area contributed by atoms with Crippen molar-refractivity contribution in [1.29, 1.82) is 0 Å². The molecule has 3 heteroatoms. The van der Waals surface area contributed by atoms with Crippen LogP contribution in [0.25, 0.3) is 10.9 Å². The summed E-state index contributed by atoms with van der Waals surface area (Å²) in [5.41, 5.74) is 5.36. The standard InChI is InChI=1S/C20H28N2.ClH/c1-2-3-4-10-15-21-20-16-11-6-5-7-13-18(16)22-19-14-9-8-12-17(19)20;/h8-9,12,14H,2-7,10-11,13,15H2,1H3,(H,21,22);1H. The van der Waals surface area contributed by atoms with Gasteiger partial charge in [-0.2, -0.15) is 0 Å². The van der Waals surface area contributed by atoms with Gasteiger partial charge in [0.2, 0.25) is 0 Å². The van der Waals surface area contributed by atoms with Gasteiger partial charge in [-0.1, -0.05) is 50.8 Å². The normalized spacial score (nSPS) is 14.0. The number of hydrogen-bond acceptors (Lipinski definition) is 2. The van der Waals surface area contributed by atoms with E-state index >= 15 is 0 Å². The molecule has 23 heavy (non-hydrogen) atoms. The van der Waals surface area contributed by atoms with Crippen molar-refractivity contribution in [1.82, 2.24) is 4.98 Å². The van der Waals surface area contributed by atoms with Crippen molar-refractivity contribution in [3.05, 3.63) is 35.5 Å². The Morgan fingerprint density at radius 2 is 1.83 bits per heavy atom. The highest BCUT2D eigenvalue weighted by Crippen LogP contribution is 2.32. The Balaban J connectivity index is 0.00000192. The Morgan fingerprint density at radius 3 is 2.70 bits per heavy atom. The number of halogens is 1. The third-order valence-corrected chi connectivity index (χ3v) is 4.75. The topological polar surface area (TPSA) is 24.9 Å². The van der Waals surface area contributed by atoms with Crippen LogP contribution < -0.4 is 5.32 Å². The zero-order chi connectivity index (χ0) is 15.2. The van der Waals surface area contributed by atoms with Crippen LogP contribution >= 0.6 is 12.4 Å². The fourth-order valence-corrected chi connectivity index (χ4v) is 3.52. The number of rotatable bonds is 6. The molecular weight excluding hydrogens is 304 g/mol. The Kier molecular flexibility index (Phi) is 7.16. The van der Waals surface area contributed by atoms with E-state index in [0.29, 0.717) is 0 Å². The van der Waals surface area contributed by atoms with Crippen molar-refractivity contribution in [3.8, 4) is 0 Å². The van der Waals surface area contributed by atoms with Crippen LogP contribution in [0, 0.1) is 0 Å². The minimum absolute atomic E-state index is 0. The molecule has 2 nitrogen and oxygen atoms in total. The van der Waals surface area contributed by atoms with Crippen molar-refractivity contribution in [2.75, 3.05) is 11.9 Å². The highest BCUT2D eigenvalue weighted by Gasteiger charge is 2.16. The highest BCUT2D eigenvalue weighted by atomic mass is 35.5. The molecular formula is C20H29ClN2. The second kappa shape index (κ2) is 9.12. The predicted octanol–water partition coefficient (Wildman–Crippen LogP) is 5.92. The molecule has 0 saturated carbocycles. The average molecular weight is 333 g/mol. The summed E-state index contributed by atoms with van der Waals surface area (Å²) in [5.74, 6) is 0. The molecule has 0 amide bonds. The fraction of sp³-hybridized carbons (Fsp3) is 0.550. The molecule has 1 aromatic carbocycles. The number of nitrogens with one attached hydrogen (secondary N) is 1. The van der Waals surface area contributed by atoms with Crippen LogP contribution in [-0.2, 0) is 12.8 Å². The van der Waals surface area contributed by atoms with Gasteiger partial charge in [-0.05, 0) is 43.7 Å². The molecule has 1 aliphatic carbocycles. The minimum Gasteiger partial charge on any atom is -0.384 e. The number of unbranched alkanes of at least 4 members (excludes halogenated alkanes) is 3. The van der Waals surface area contributed by atoms with Gasteiger partial charge in [-0.15, -0.1) is 12.4 Å². The Hall–Kier alpha value is -1.28. The number of aryl methyl sites for hydroxylation is 1. The summed E-state index contributed by atoms with van der Waals surface area (Å²) < 4.78 is 0. The maximum atomic E-state index is 4.95. The zero-order valence-corrected chi connectivity index (χ0v) is 15.1. The number of nitrogens with zero attached hydrogens (tertiary/aromatic N) is 1. The molecule has 0 saturated heterocycles. The molecule has 1 heterocycles. The molecule has 0 unspecified atom stereocenters. The number of hydrogen-bond donors (Lipinski definition) is 1. The molecule has 0 radical (unpaired) electrons. The fourth-order valence-electron chi connectivity index (χ4n) is 3.52. The van der Waals surface area contributed by atoms with E-state index in [-0.39, 0.29) is 12.4 Å². The smallest absolute Gasteiger partial charge is 0.0726 e. The monoisotopic (exact) mass is 332 g/mol. The summed E-state index contributed by atoms with van der Waals surface area (Å²) in [6.07, 6.45) is 11.5. The Bertz CT molecular complexity index is 624. The lowest BCUT2D eigenvalue weighted by molar-refractivity contribution is 0.684. The van der Waals surface area contributed by atoms with E-state index < -0.39 is 0 Å². The van der Waals surface area contributed by atoms with E-state index in [1.807, 2.05) is 0 Å². The number of benzene rings is 1. The molecule has 3 rings (SSSR count). The van der Waals surface area contributed by atoms with Gasteiger partial charge in [0.25, 0.3) is 0 Å². The number of para-hydroxylation sites is 1. The summed E-state index contributed by atoms with van der Waals surface area (Å²) in [6, 6.07) is 8.61. The van der Waals surface area contributed by atoms with E-state index in [4.69, 9.17) is 4.98 Å². The first-order valence-electron chi connectivity index (χ1n) is 9.04. The van der Waals surface area contributed by atoms with Crippen LogP contribution in [0.3, 0.4) is 0 Å². The van der Waals surface area contributed by atoms with Crippen LogP contribution in [0.4, 0.5) is 5.69 Å². The number of pyridine rings is 1. The molecule has 1 N–H and O–H groups in total. The highest BCUT2D eigenvalue weighted by molar-refractivity contribution is 5.93. The third kappa shape index (κ3) is 4.38. The first kappa shape index (κ1) is 18.1. The van der Waals surface area contributed by atoms with Crippen molar-refractivity contribution >= 4 is 29.0 Å². The summed E-state index contributed by atoms with van der Waals surface area (Å²) in [6.45, 7) is 3.35. The van der Waals surface area contributed by atoms with Crippen LogP contribution in [0.1, 0.15) is 63.1 Å². The summed E-state index contributed by atoms with van der Waals surface area (Å²) in [4.78, 5) is 4.95. The lowest BCUT2D eigenvalue weighted by Crippen LogP contribution is -2.08. The van der Waals surface area contributed by atoms with Crippen molar-refractivity contribution < 1.29 is 0 Å². The predicted molar refractivity (Wildman–Crippen MR) is 103 cm³/mol. The SMILES string of the molecule is CCCCCCNc1c2c(nc3ccccc13)CCCCC2.Cl. The molecule has 126 valence electrons. The van der Waals surface area contributed by atoms with Gasteiger partial charge >= 0.3 is 0 Å². The molecule has 0 aliphatic heterocycles. The van der Waals surface area contributed by atoms with E-state index in [0.717, 1.165) is 18.5 Å². The van der Waals surface area contributed by atoms with E-state index in [1.54, 1.807) is 0 Å². The molecule has 2 aromatic rings. The number of fused-ring (bicyclic) bond motifs is 2. The van der Waals surface area contributed by atoms with Crippen LogP contribution in [0.2, 0.25) is 0 Å². The zero-order valence-electron chi connectivity index (χ0n) is 14.2. The molecule has 1 aromatic heterocycles. The minimum atomic E-state index is 0. The van der Waals surface area contributed by atoms with E-state index in [2.05, 4.69) is 36.5 Å². The molecule has 0 fully saturated rings. The second-order valence-corrected chi connectivity index (χ2v) is 6.48. The summed E-state index contributed by atoms with van der Waals surface area (Å²) >= 11 is 0. The summed E-state index contributed by atoms with van der Waals surface area (Å²) in [7, 11) is 0. The first-order chi connectivity index (χ1) is 10.9. The maximum absolute atomic E-state index is 4.95. The molecule has 0 bridgehead atoms. The van der Waals surface area contributed by atoms with Crippen LogP contribution in [-0.4, -0.2) is 11.5 Å². The van der Waals surface area contributed by atoms with Crippen molar-refractivity contribution in [3.63, 3.8) is 0 Å². The van der Waals surface area contributed by atoms with Gasteiger partial charge in [-0.3, -0.25) is 4.98 Å². The summed E-state index contributed by atoms with van der Waals surface area (Å²) in [5, 5.41) is 5.07. The average Bonchev–Trinajstić information content (AvgIpc) is 2.79. The second-order valence-electron chi connectivity index (χ2n) is 6.48. The third-order valence-electron chi connectivity index (χ3n) is 4.75. The van der Waals surface area contributed by atoms with Gasteiger partial charge in [-0.25, -0.2) is 0 Å². The maximum Gasteiger partial charge on any atom is 0.0726 e. The Morgan fingerprint density at radius 1 is 1.00 bits per heavy atom.